The normalized spacial score (nSPS) is 10.7. The molecular formula is C15H9F2NOS. The van der Waals surface area contributed by atoms with Crippen LogP contribution in [0.15, 0.2) is 47.8 Å². The molecule has 20 heavy (non-hydrogen) atoms. The van der Waals surface area contributed by atoms with Crippen molar-refractivity contribution in [3.63, 3.8) is 0 Å². The molecule has 1 heterocycles. The van der Waals surface area contributed by atoms with E-state index in [9.17, 15) is 13.9 Å². The first-order valence-corrected chi connectivity index (χ1v) is 6.72. The Morgan fingerprint density at radius 2 is 1.75 bits per heavy atom. The summed E-state index contributed by atoms with van der Waals surface area (Å²) < 4.78 is 26.9. The molecule has 5 heteroatoms. The van der Waals surface area contributed by atoms with Gasteiger partial charge in [-0.1, -0.05) is 6.07 Å². The van der Waals surface area contributed by atoms with E-state index in [-0.39, 0.29) is 11.3 Å². The van der Waals surface area contributed by atoms with Crippen LogP contribution in [-0.4, -0.2) is 10.1 Å². The maximum atomic E-state index is 13.7. The van der Waals surface area contributed by atoms with Crippen LogP contribution in [0.25, 0.3) is 21.8 Å². The van der Waals surface area contributed by atoms with Crippen LogP contribution in [0.1, 0.15) is 0 Å². The lowest BCUT2D eigenvalue weighted by molar-refractivity contribution is 0.475. The van der Waals surface area contributed by atoms with Crippen molar-refractivity contribution in [2.45, 2.75) is 0 Å². The molecule has 0 amide bonds. The molecule has 2 aromatic carbocycles. The summed E-state index contributed by atoms with van der Waals surface area (Å²) >= 11 is 1.34. The monoisotopic (exact) mass is 289 g/mol. The fourth-order valence-electron chi connectivity index (χ4n) is 1.84. The highest BCUT2D eigenvalue weighted by Gasteiger charge is 2.13. The maximum Gasteiger partial charge on any atom is 0.168 e. The standard InChI is InChI=1S/C15H9F2NOS/c16-12-3-1-2-11(14(12)17)13-8-20-15(18-13)9-4-6-10(19)7-5-9/h1-8,19H. The number of phenolic OH excluding ortho intramolecular Hbond substituents is 1. The molecule has 3 rings (SSSR count). The van der Waals surface area contributed by atoms with Crippen LogP contribution < -0.4 is 0 Å². The van der Waals surface area contributed by atoms with Crippen molar-refractivity contribution in [2.24, 2.45) is 0 Å². The molecule has 0 saturated carbocycles. The van der Waals surface area contributed by atoms with Crippen molar-refractivity contribution in [1.29, 1.82) is 0 Å². The summed E-state index contributed by atoms with van der Waals surface area (Å²) in [7, 11) is 0. The summed E-state index contributed by atoms with van der Waals surface area (Å²) in [6, 6.07) is 10.6. The molecule has 0 aliphatic rings. The largest absolute Gasteiger partial charge is 0.508 e. The minimum atomic E-state index is -0.893. The van der Waals surface area contributed by atoms with E-state index in [0.29, 0.717) is 10.7 Å². The van der Waals surface area contributed by atoms with E-state index in [1.807, 2.05) is 0 Å². The molecule has 0 spiro atoms. The molecule has 0 aliphatic heterocycles. The van der Waals surface area contributed by atoms with Crippen LogP contribution in [0.5, 0.6) is 5.75 Å². The summed E-state index contributed by atoms with van der Waals surface area (Å²) in [6.07, 6.45) is 0. The third-order valence-electron chi connectivity index (χ3n) is 2.85. The zero-order valence-electron chi connectivity index (χ0n) is 10.2. The van der Waals surface area contributed by atoms with E-state index in [2.05, 4.69) is 4.98 Å². The van der Waals surface area contributed by atoms with Gasteiger partial charge in [-0.3, -0.25) is 0 Å². The smallest absolute Gasteiger partial charge is 0.168 e. The predicted molar refractivity (Wildman–Crippen MR) is 74.6 cm³/mol. The number of thiazole rings is 1. The van der Waals surface area contributed by atoms with E-state index < -0.39 is 11.6 Å². The molecule has 0 fully saturated rings. The molecule has 0 aliphatic carbocycles. The van der Waals surface area contributed by atoms with Gasteiger partial charge >= 0.3 is 0 Å². The molecule has 1 aromatic heterocycles. The molecule has 1 N–H and O–H groups in total. The van der Waals surface area contributed by atoms with Crippen molar-refractivity contribution in [3.8, 4) is 27.6 Å². The molecule has 100 valence electrons. The summed E-state index contributed by atoms with van der Waals surface area (Å²) in [5.74, 6) is -1.61. The van der Waals surface area contributed by atoms with Crippen LogP contribution >= 0.6 is 11.3 Å². The van der Waals surface area contributed by atoms with Gasteiger partial charge in [-0.15, -0.1) is 11.3 Å². The Hall–Kier alpha value is -2.27. The van der Waals surface area contributed by atoms with Gasteiger partial charge in [0.15, 0.2) is 11.6 Å². The first-order chi connectivity index (χ1) is 9.65. The second kappa shape index (κ2) is 5.02. The Labute approximate surface area is 118 Å². The Balaban J connectivity index is 2.02. The van der Waals surface area contributed by atoms with Crippen molar-refractivity contribution >= 4 is 11.3 Å². The lowest BCUT2D eigenvalue weighted by atomic mass is 10.1. The predicted octanol–water partition coefficient (Wildman–Crippen LogP) is 4.46. The van der Waals surface area contributed by atoms with Crippen LogP contribution in [0.3, 0.4) is 0 Å². The lowest BCUT2D eigenvalue weighted by Gasteiger charge is -2.00. The molecule has 2 nitrogen and oxygen atoms in total. The topological polar surface area (TPSA) is 33.1 Å². The number of aromatic nitrogens is 1. The Kier molecular flexibility index (Phi) is 3.20. The molecular weight excluding hydrogens is 280 g/mol. The number of halogens is 2. The molecule has 0 atom stereocenters. The zero-order valence-corrected chi connectivity index (χ0v) is 11.0. The average Bonchev–Trinajstić information content (AvgIpc) is 2.92. The first-order valence-electron chi connectivity index (χ1n) is 5.84. The number of hydrogen-bond acceptors (Lipinski definition) is 3. The van der Waals surface area contributed by atoms with Gasteiger partial charge < -0.3 is 5.11 Å². The van der Waals surface area contributed by atoms with E-state index in [0.717, 1.165) is 11.6 Å². The number of rotatable bonds is 2. The Morgan fingerprint density at radius 1 is 1.00 bits per heavy atom. The summed E-state index contributed by atoms with van der Waals surface area (Å²) in [4.78, 5) is 4.31. The molecule has 0 bridgehead atoms. The highest BCUT2D eigenvalue weighted by molar-refractivity contribution is 7.13. The quantitative estimate of drug-likeness (QED) is 0.755. The second-order valence-electron chi connectivity index (χ2n) is 4.19. The van der Waals surface area contributed by atoms with Crippen LogP contribution in [0.2, 0.25) is 0 Å². The van der Waals surface area contributed by atoms with Gasteiger partial charge in [0.1, 0.15) is 10.8 Å². The van der Waals surface area contributed by atoms with Gasteiger partial charge in [-0.05, 0) is 36.4 Å². The number of phenols is 1. The summed E-state index contributed by atoms with van der Waals surface area (Å²) in [5, 5.41) is 11.6. The van der Waals surface area contributed by atoms with Gasteiger partial charge in [0.05, 0.1) is 5.69 Å². The highest BCUT2D eigenvalue weighted by Crippen LogP contribution is 2.31. The maximum absolute atomic E-state index is 13.7. The summed E-state index contributed by atoms with van der Waals surface area (Å²) in [6.45, 7) is 0. The minimum Gasteiger partial charge on any atom is -0.508 e. The van der Waals surface area contributed by atoms with E-state index >= 15 is 0 Å². The SMILES string of the molecule is Oc1ccc(-c2nc(-c3cccc(F)c3F)cs2)cc1. The van der Waals surface area contributed by atoms with E-state index in [4.69, 9.17) is 0 Å². The fourth-order valence-corrected chi connectivity index (χ4v) is 2.66. The molecule has 0 saturated heterocycles. The first kappa shape index (κ1) is 12.7. The van der Waals surface area contributed by atoms with E-state index in [1.54, 1.807) is 29.6 Å². The molecule has 0 radical (unpaired) electrons. The van der Waals surface area contributed by atoms with Gasteiger partial charge in [0, 0.05) is 16.5 Å². The number of hydrogen-bond donors (Lipinski definition) is 1. The van der Waals surface area contributed by atoms with Gasteiger partial charge in [-0.2, -0.15) is 0 Å². The lowest BCUT2D eigenvalue weighted by Crippen LogP contribution is -1.89. The third kappa shape index (κ3) is 2.28. The van der Waals surface area contributed by atoms with Crippen LogP contribution in [-0.2, 0) is 0 Å². The molecule has 3 aromatic rings. The fraction of sp³-hybridized carbons (Fsp3) is 0. The van der Waals surface area contributed by atoms with Crippen molar-refractivity contribution in [2.75, 3.05) is 0 Å². The second-order valence-corrected chi connectivity index (χ2v) is 5.04. The number of nitrogens with zero attached hydrogens (tertiary/aromatic N) is 1. The van der Waals surface area contributed by atoms with Gasteiger partial charge in [0.25, 0.3) is 0 Å². The van der Waals surface area contributed by atoms with Crippen LogP contribution in [0, 0.1) is 11.6 Å². The highest BCUT2D eigenvalue weighted by atomic mass is 32.1. The average molecular weight is 289 g/mol. The van der Waals surface area contributed by atoms with Crippen molar-refractivity contribution < 1.29 is 13.9 Å². The summed E-state index contributed by atoms with van der Waals surface area (Å²) in [5.41, 5.74) is 1.36. The van der Waals surface area contributed by atoms with E-state index in [1.165, 1.54) is 23.5 Å². The van der Waals surface area contributed by atoms with Crippen molar-refractivity contribution in [1.82, 2.24) is 4.98 Å². The van der Waals surface area contributed by atoms with Gasteiger partial charge in [0.2, 0.25) is 0 Å². The van der Waals surface area contributed by atoms with Crippen molar-refractivity contribution in [3.05, 3.63) is 59.5 Å². The third-order valence-corrected chi connectivity index (χ3v) is 3.74. The molecule has 0 unspecified atom stereocenters. The number of benzene rings is 2. The Bertz CT molecular complexity index is 753. The van der Waals surface area contributed by atoms with Crippen LogP contribution in [0.4, 0.5) is 8.78 Å². The van der Waals surface area contributed by atoms with Gasteiger partial charge in [-0.25, -0.2) is 13.8 Å². The zero-order chi connectivity index (χ0) is 14.1. The minimum absolute atomic E-state index is 0.145. The number of aromatic hydroxyl groups is 1. The Morgan fingerprint density at radius 3 is 2.50 bits per heavy atom.